The summed E-state index contributed by atoms with van der Waals surface area (Å²) in [6.07, 6.45) is 4.46. The monoisotopic (exact) mass is 508 g/mol. The van der Waals surface area contributed by atoms with Crippen molar-refractivity contribution in [3.63, 3.8) is 0 Å². The molecule has 2 aromatic rings. The Morgan fingerprint density at radius 2 is 2.03 bits per heavy atom. The fourth-order valence-corrected chi connectivity index (χ4v) is 5.10. The first kappa shape index (κ1) is 25.3. The number of allylic oxidation sites excluding steroid dienone is 3. The average Bonchev–Trinajstić information content (AvgIpc) is 3.57. The van der Waals surface area contributed by atoms with E-state index >= 15 is 0 Å². The van der Waals surface area contributed by atoms with Crippen LogP contribution in [-0.4, -0.2) is 52.2 Å². The van der Waals surface area contributed by atoms with E-state index in [1.165, 1.54) is 22.4 Å². The summed E-state index contributed by atoms with van der Waals surface area (Å²) in [6.45, 7) is 1.42. The molecule has 10 heteroatoms. The van der Waals surface area contributed by atoms with Crippen molar-refractivity contribution >= 4 is 35.4 Å². The molecule has 1 aromatic carbocycles. The number of carbonyl (C=O) groups excluding carboxylic acids is 3. The molecule has 1 aliphatic heterocycles. The third kappa shape index (κ3) is 6.46. The lowest BCUT2D eigenvalue weighted by atomic mass is 10.0. The van der Waals surface area contributed by atoms with Gasteiger partial charge in [-0.15, -0.1) is 0 Å². The lowest BCUT2D eigenvalue weighted by Crippen LogP contribution is -2.38. The highest BCUT2D eigenvalue weighted by atomic mass is 32.1. The van der Waals surface area contributed by atoms with Crippen LogP contribution in [0.2, 0.25) is 0 Å². The first-order valence-corrected chi connectivity index (χ1v) is 12.6. The summed E-state index contributed by atoms with van der Waals surface area (Å²) in [4.78, 5) is 50.5. The fourth-order valence-electron chi connectivity index (χ4n) is 4.39. The van der Waals surface area contributed by atoms with Gasteiger partial charge in [-0.2, -0.15) is 11.3 Å². The Bertz CT molecular complexity index is 1160. The highest BCUT2D eigenvalue weighted by Crippen LogP contribution is 2.28. The van der Waals surface area contributed by atoms with E-state index < -0.39 is 12.0 Å². The van der Waals surface area contributed by atoms with E-state index in [1.807, 2.05) is 52.1 Å². The number of amides is 2. The van der Waals surface area contributed by atoms with Gasteiger partial charge in [0.1, 0.15) is 0 Å². The lowest BCUT2D eigenvalue weighted by Gasteiger charge is -2.27. The Kier molecular flexibility index (Phi) is 8.29. The second-order valence-corrected chi connectivity index (χ2v) is 9.57. The topological polar surface area (TPSA) is 119 Å². The van der Waals surface area contributed by atoms with Gasteiger partial charge in [0.05, 0.1) is 30.5 Å². The van der Waals surface area contributed by atoms with Gasteiger partial charge in [0.2, 0.25) is 12.3 Å². The molecule has 2 atom stereocenters. The standard InChI is InChI=1S/C26H28N4O5S/c31-17-30(27-14-18-4-2-1-3-5-18)22-10-21(11-23(32)12-22)29-8-6-19(15-29)26(35)28-24(13-25(33)34)20-7-9-36-16-20/h1-5,7,9-10,12,16-17,19,24,27H,6,8,11,13-15H2,(H,28,35)(H,33,34). The van der Waals surface area contributed by atoms with Crippen LogP contribution >= 0.6 is 11.3 Å². The number of nitrogens with one attached hydrogen (secondary N) is 2. The minimum atomic E-state index is -0.981. The van der Waals surface area contributed by atoms with Crippen molar-refractivity contribution in [2.45, 2.75) is 31.8 Å². The van der Waals surface area contributed by atoms with Crippen molar-refractivity contribution in [3.05, 3.63) is 81.8 Å². The molecule has 1 saturated heterocycles. The van der Waals surface area contributed by atoms with Gasteiger partial charge < -0.3 is 15.3 Å². The molecule has 4 rings (SSSR count). The number of hydrazine groups is 1. The van der Waals surface area contributed by atoms with Crippen LogP contribution in [0.4, 0.5) is 0 Å². The number of ketones is 1. The molecule has 0 bridgehead atoms. The number of thiophene rings is 1. The van der Waals surface area contributed by atoms with Crippen molar-refractivity contribution in [2.24, 2.45) is 5.92 Å². The molecule has 3 N–H and O–H groups in total. The summed E-state index contributed by atoms with van der Waals surface area (Å²) in [6, 6.07) is 10.8. The molecule has 2 amide bonds. The molecular formula is C26H28N4O5S. The molecule has 0 spiro atoms. The van der Waals surface area contributed by atoms with E-state index in [-0.39, 0.29) is 30.4 Å². The Hall–Kier alpha value is -3.76. The van der Waals surface area contributed by atoms with Crippen LogP contribution in [0.3, 0.4) is 0 Å². The van der Waals surface area contributed by atoms with Gasteiger partial charge in [-0.25, -0.2) is 10.4 Å². The second-order valence-electron chi connectivity index (χ2n) is 8.79. The van der Waals surface area contributed by atoms with Crippen LogP contribution in [0.15, 0.2) is 70.7 Å². The number of carboxylic acids is 1. The molecule has 1 aromatic heterocycles. The van der Waals surface area contributed by atoms with Crippen LogP contribution in [0.25, 0.3) is 0 Å². The SMILES string of the molecule is O=CN(NCc1ccccc1)C1=CC(=O)CC(N2CCC(C(=O)NC(CC(=O)O)c3ccsc3)C2)=C1. The van der Waals surface area contributed by atoms with E-state index in [2.05, 4.69) is 10.7 Å². The summed E-state index contributed by atoms with van der Waals surface area (Å²) < 4.78 is 0. The molecule has 2 heterocycles. The number of carbonyl (C=O) groups is 4. The number of rotatable bonds is 11. The molecule has 0 radical (unpaired) electrons. The summed E-state index contributed by atoms with van der Waals surface area (Å²) in [7, 11) is 0. The van der Waals surface area contributed by atoms with Gasteiger partial charge in [-0.05, 0) is 40.5 Å². The predicted octanol–water partition coefficient (Wildman–Crippen LogP) is 2.61. The van der Waals surface area contributed by atoms with Gasteiger partial charge in [0.15, 0.2) is 5.78 Å². The van der Waals surface area contributed by atoms with E-state index in [0.29, 0.717) is 38.2 Å². The van der Waals surface area contributed by atoms with Crippen molar-refractivity contribution in [3.8, 4) is 0 Å². The predicted molar refractivity (Wildman–Crippen MR) is 134 cm³/mol. The Labute approximate surface area is 213 Å². The quantitative estimate of drug-likeness (QED) is 0.315. The highest BCUT2D eigenvalue weighted by molar-refractivity contribution is 7.08. The molecule has 2 aliphatic rings. The maximum Gasteiger partial charge on any atom is 0.305 e. The number of benzene rings is 1. The number of likely N-dealkylation sites (tertiary alicyclic amines) is 1. The molecule has 36 heavy (non-hydrogen) atoms. The Morgan fingerprint density at radius 1 is 1.22 bits per heavy atom. The van der Waals surface area contributed by atoms with E-state index in [4.69, 9.17) is 0 Å². The molecule has 0 saturated carbocycles. The number of hydrogen-bond donors (Lipinski definition) is 3. The molecule has 1 fully saturated rings. The van der Waals surface area contributed by atoms with Gasteiger partial charge >= 0.3 is 5.97 Å². The zero-order valence-electron chi connectivity index (χ0n) is 19.6. The fraction of sp³-hybridized carbons (Fsp3) is 0.308. The molecule has 2 unspecified atom stereocenters. The maximum atomic E-state index is 13.0. The molecule has 188 valence electrons. The van der Waals surface area contributed by atoms with Gasteiger partial charge in [-0.1, -0.05) is 30.3 Å². The summed E-state index contributed by atoms with van der Waals surface area (Å²) in [5.41, 5.74) is 6.00. The van der Waals surface area contributed by atoms with Crippen LogP contribution in [0, 0.1) is 5.92 Å². The van der Waals surface area contributed by atoms with Crippen molar-refractivity contribution in [1.29, 1.82) is 0 Å². The van der Waals surface area contributed by atoms with Crippen LogP contribution in [0.1, 0.15) is 36.4 Å². The minimum Gasteiger partial charge on any atom is -0.481 e. The highest BCUT2D eigenvalue weighted by Gasteiger charge is 2.32. The van der Waals surface area contributed by atoms with Gasteiger partial charge in [-0.3, -0.25) is 19.2 Å². The van der Waals surface area contributed by atoms with Crippen molar-refractivity contribution in [2.75, 3.05) is 13.1 Å². The van der Waals surface area contributed by atoms with E-state index in [1.54, 1.807) is 6.08 Å². The molecule has 1 aliphatic carbocycles. The Balaban J connectivity index is 1.39. The largest absolute Gasteiger partial charge is 0.481 e. The maximum absolute atomic E-state index is 13.0. The third-order valence-electron chi connectivity index (χ3n) is 6.26. The second kappa shape index (κ2) is 11.8. The Morgan fingerprint density at radius 3 is 2.72 bits per heavy atom. The van der Waals surface area contributed by atoms with Gasteiger partial charge in [0.25, 0.3) is 0 Å². The molecular weight excluding hydrogens is 480 g/mol. The van der Waals surface area contributed by atoms with Crippen LogP contribution < -0.4 is 10.7 Å². The summed E-state index contributed by atoms with van der Waals surface area (Å²) in [5.74, 6) is -1.63. The normalized spacial score (nSPS) is 18.3. The van der Waals surface area contributed by atoms with E-state index in [9.17, 15) is 24.3 Å². The zero-order chi connectivity index (χ0) is 25.5. The number of hydrogen-bond acceptors (Lipinski definition) is 7. The minimum absolute atomic E-state index is 0.122. The van der Waals surface area contributed by atoms with Crippen LogP contribution in [-0.2, 0) is 25.7 Å². The van der Waals surface area contributed by atoms with Crippen molar-refractivity contribution in [1.82, 2.24) is 20.7 Å². The van der Waals surface area contributed by atoms with Gasteiger partial charge in [0, 0.05) is 31.4 Å². The summed E-state index contributed by atoms with van der Waals surface area (Å²) in [5, 5.41) is 17.1. The smallest absolute Gasteiger partial charge is 0.305 e. The van der Waals surface area contributed by atoms with Crippen molar-refractivity contribution < 1.29 is 24.3 Å². The van der Waals surface area contributed by atoms with E-state index in [0.717, 1.165) is 16.8 Å². The number of carboxylic acid groups (broad SMARTS) is 1. The third-order valence-corrected chi connectivity index (χ3v) is 6.97. The summed E-state index contributed by atoms with van der Waals surface area (Å²) >= 11 is 1.45. The molecule has 9 nitrogen and oxygen atoms in total. The number of aliphatic carboxylic acids is 1. The number of nitrogens with zero attached hydrogens (tertiary/aromatic N) is 2. The first-order valence-electron chi connectivity index (χ1n) is 11.7. The first-order chi connectivity index (χ1) is 17.4. The zero-order valence-corrected chi connectivity index (χ0v) is 20.4. The average molecular weight is 509 g/mol. The van der Waals surface area contributed by atoms with Crippen LogP contribution in [0.5, 0.6) is 0 Å². The lowest BCUT2D eigenvalue weighted by molar-refractivity contribution is -0.138.